The van der Waals surface area contributed by atoms with Crippen molar-refractivity contribution in [3.8, 4) is 0 Å². The summed E-state index contributed by atoms with van der Waals surface area (Å²) < 4.78 is 1.10. The molecular formula is C24H30N6O2S. The minimum absolute atomic E-state index is 0.0394. The number of anilines is 3. The Labute approximate surface area is 197 Å². The van der Waals surface area contributed by atoms with E-state index in [1.165, 1.54) is 0 Å². The zero-order valence-corrected chi connectivity index (χ0v) is 20.0. The molecule has 1 aromatic carbocycles. The highest BCUT2D eigenvalue weighted by Crippen LogP contribution is 2.28. The Kier molecular flexibility index (Phi) is 7.08. The third-order valence-electron chi connectivity index (χ3n) is 5.88. The number of benzene rings is 1. The van der Waals surface area contributed by atoms with E-state index in [0.29, 0.717) is 11.4 Å². The molecule has 0 atom stereocenters. The molecule has 33 heavy (non-hydrogen) atoms. The highest BCUT2D eigenvalue weighted by molar-refractivity contribution is 7.16. The largest absolute Gasteiger partial charge is 0.382 e. The molecule has 174 valence electrons. The van der Waals surface area contributed by atoms with Gasteiger partial charge < -0.3 is 21.3 Å². The molecule has 3 aromatic rings. The van der Waals surface area contributed by atoms with E-state index >= 15 is 0 Å². The van der Waals surface area contributed by atoms with Crippen molar-refractivity contribution < 1.29 is 9.59 Å². The third kappa shape index (κ3) is 5.60. The quantitative estimate of drug-likeness (QED) is 0.414. The van der Waals surface area contributed by atoms with Crippen LogP contribution in [0, 0.1) is 5.92 Å². The van der Waals surface area contributed by atoms with Crippen LogP contribution >= 0.6 is 11.3 Å². The lowest BCUT2D eigenvalue weighted by Gasteiger charge is -2.28. The van der Waals surface area contributed by atoms with Crippen molar-refractivity contribution in [2.75, 3.05) is 17.7 Å². The van der Waals surface area contributed by atoms with Crippen LogP contribution in [0.2, 0.25) is 0 Å². The van der Waals surface area contributed by atoms with Crippen LogP contribution in [0.4, 0.5) is 17.2 Å². The molecule has 4 rings (SSSR count). The van der Waals surface area contributed by atoms with Gasteiger partial charge in [0.05, 0.1) is 27.0 Å². The minimum Gasteiger partial charge on any atom is -0.382 e. The van der Waals surface area contributed by atoms with E-state index in [-0.39, 0.29) is 29.8 Å². The van der Waals surface area contributed by atoms with Gasteiger partial charge in [-0.15, -0.1) is 11.3 Å². The molecular weight excluding hydrogens is 436 g/mol. The maximum absolute atomic E-state index is 13.1. The van der Waals surface area contributed by atoms with Crippen molar-refractivity contribution in [2.45, 2.75) is 51.6 Å². The van der Waals surface area contributed by atoms with Gasteiger partial charge in [-0.3, -0.25) is 9.59 Å². The molecule has 0 unspecified atom stereocenters. The fraction of sp³-hybridized carbons (Fsp3) is 0.417. The summed E-state index contributed by atoms with van der Waals surface area (Å²) in [5.41, 5.74) is 4.96. The molecule has 1 saturated carbocycles. The zero-order valence-electron chi connectivity index (χ0n) is 19.1. The van der Waals surface area contributed by atoms with Gasteiger partial charge in [0.15, 0.2) is 0 Å². The molecule has 8 nitrogen and oxygen atoms in total. The predicted molar refractivity (Wildman–Crippen MR) is 133 cm³/mol. The van der Waals surface area contributed by atoms with E-state index in [2.05, 4.69) is 31.2 Å². The highest BCUT2D eigenvalue weighted by Gasteiger charge is 2.27. The van der Waals surface area contributed by atoms with Gasteiger partial charge in [0.1, 0.15) is 5.82 Å². The summed E-state index contributed by atoms with van der Waals surface area (Å²) in [4.78, 5) is 33.7. The number of hydrogen-bond donors (Lipinski definition) is 4. The van der Waals surface area contributed by atoms with Crippen LogP contribution in [0.15, 0.2) is 36.0 Å². The summed E-state index contributed by atoms with van der Waals surface area (Å²) in [5, 5.41) is 12.6. The van der Waals surface area contributed by atoms with E-state index in [0.717, 1.165) is 47.3 Å². The van der Waals surface area contributed by atoms with Gasteiger partial charge in [0.25, 0.3) is 5.91 Å². The van der Waals surface area contributed by atoms with Crippen molar-refractivity contribution in [1.82, 2.24) is 20.6 Å². The number of nitrogens with one attached hydrogen (secondary N) is 4. The van der Waals surface area contributed by atoms with E-state index < -0.39 is 0 Å². The highest BCUT2D eigenvalue weighted by atomic mass is 32.1. The topological polar surface area (TPSA) is 108 Å². The first-order valence-electron chi connectivity index (χ1n) is 11.3. The molecule has 1 aliphatic rings. The summed E-state index contributed by atoms with van der Waals surface area (Å²) in [6.45, 7) is 4.07. The van der Waals surface area contributed by atoms with Crippen molar-refractivity contribution in [3.63, 3.8) is 0 Å². The third-order valence-corrected chi connectivity index (χ3v) is 6.67. The van der Waals surface area contributed by atoms with Crippen LogP contribution in [0.3, 0.4) is 0 Å². The Morgan fingerprint density at radius 3 is 2.61 bits per heavy atom. The summed E-state index contributed by atoms with van der Waals surface area (Å²) >= 11 is 1.59. The second-order valence-corrected chi connectivity index (χ2v) is 9.60. The number of carbonyl (C=O) groups is 2. The smallest absolute Gasteiger partial charge is 0.255 e. The van der Waals surface area contributed by atoms with Crippen LogP contribution in [-0.4, -0.2) is 40.9 Å². The Morgan fingerprint density at radius 1 is 1.09 bits per heavy atom. The molecule has 9 heteroatoms. The van der Waals surface area contributed by atoms with Gasteiger partial charge >= 0.3 is 0 Å². The molecule has 2 aromatic heterocycles. The van der Waals surface area contributed by atoms with Crippen LogP contribution in [-0.2, 0) is 4.79 Å². The number of amides is 2. The second-order valence-electron chi connectivity index (χ2n) is 8.71. The summed E-state index contributed by atoms with van der Waals surface area (Å²) in [6, 6.07) is 8.07. The van der Waals surface area contributed by atoms with Crippen LogP contribution in [0.1, 0.15) is 49.9 Å². The Balaban J connectivity index is 1.46. The van der Waals surface area contributed by atoms with E-state index in [1.807, 2.05) is 43.6 Å². The van der Waals surface area contributed by atoms with Crippen LogP contribution in [0.5, 0.6) is 0 Å². The normalized spacial score (nSPS) is 18.2. The molecule has 2 amide bonds. The monoisotopic (exact) mass is 466 g/mol. The number of aromatic nitrogens is 2. The first kappa shape index (κ1) is 23.0. The molecule has 1 aliphatic carbocycles. The average molecular weight is 467 g/mol. The van der Waals surface area contributed by atoms with Crippen molar-refractivity contribution in [3.05, 3.63) is 41.5 Å². The standard InChI is InChI=1S/C24H30N6O2S/c1-14(2)28-20-11-22(29-17-8-9-19-21(10-17)33-13-27-19)26-12-18(20)24(32)30-16-6-4-15(5-7-16)23(31)25-3/h8-16H,4-7H2,1-3H3,(H,25,31)(H,30,32)(H2,26,28,29). The molecule has 0 radical (unpaired) electrons. The number of hydrogen-bond acceptors (Lipinski definition) is 7. The predicted octanol–water partition coefficient (Wildman–Crippen LogP) is 4.29. The van der Waals surface area contributed by atoms with Crippen molar-refractivity contribution in [2.24, 2.45) is 5.92 Å². The number of rotatable bonds is 7. The molecule has 0 saturated heterocycles. The summed E-state index contributed by atoms with van der Waals surface area (Å²) in [6.07, 6.45) is 4.78. The second kappa shape index (κ2) is 10.2. The fourth-order valence-corrected chi connectivity index (χ4v) is 4.90. The molecule has 2 heterocycles. The number of carbonyl (C=O) groups excluding carboxylic acids is 2. The summed E-state index contributed by atoms with van der Waals surface area (Å²) in [7, 11) is 1.67. The van der Waals surface area contributed by atoms with Crippen LogP contribution in [0.25, 0.3) is 10.2 Å². The molecule has 0 bridgehead atoms. The Bertz CT molecular complexity index is 1140. The molecule has 1 fully saturated rings. The van der Waals surface area contributed by atoms with E-state index in [1.54, 1.807) is 24.6 Å². The minimum atomic E-state index is -0.147. The lowest BCUT2D eigenvalue weighted by Crippen LogP contribution is -2.40. The lowest BCUT2D eigenvalue weighted by molar-refractivity contribution is -0.125. The lowest BCUT2D eigenvalue weighted by atomic mass is 9.85. The first-order chi connectivity index (χ1) is 15.9. The first-order valence-corrected chi connectivity index (χ1v) is 12.2. The maximum atomic E-state index is 13.1. The van der Waals surface area contributed by atoms with E-state index in [4.69, 9.17) is 0 Å². The van der Waals surface area contributed by atoms with Gasteiger partial charge in [-0.1, -0.05) is 0 Å². The number of pyridine rings is 1. The van der Waals surface area contributed by atoms with Gasteiger partial charge in [-0.2, -0.15) is 0 Å². The van der Waals surface area contributed by atoms with Crippen molar-refractivity contribution >= 4 is 50.6 Å². The summed E-state index contributed by atoms with van der Waals surface area (Å²) in [5.74, 6) is 0.638. The number of thiazole rings is 1. The molecule has 4 N–H and O–H groups in total. The van der Waals surface area contributed by atoms with Crippen LogP contribution < -0.4 is 21.3 Å². The molecule has 0 aliphatic heterocycles. The van der Waals surface area contributed by atoms with Gasteiger partial charge in [-0.25, -0.2) is 9.97 Å². The van der Waals surface area contributed by atoms with Gasteiger partial charge in [0, 0.05) is 43.0 Å². The SMILES string of the molecule is CNC(=O)C1CCC(NC(=O)c2cnc(Nc3ccc4ncsc4c3)cc2NC(C)C)CC1. The fourth-order valence-electron chi connectivity index (χ4n) is 4.18. The van der Waals surface area contributed by atoms with E-state index in [9.17, 15) is 9.59 Å². The Morgan fingerprint density at radius 2 is 1.88 bits per heavy atom. The number of nitrogens with zero attached hydrogens (tertiary/aromatic N) is 2. The van der Waals surface area contributed by atoms with Crippen molar-refractivity contribution in [1.29, 1.82) is 0 Å². The Hall–Kier alpha value is -3.20. The van der Waals surface area contributed by atoms with Gasteiger partial charge in [-0.05, 0) is 57.7 Å². The average Bonchev–Trinajstić information content (AvgIpc) is 3.26. The maximum Gasteiger partial charge on any atom is 0.255 e. The zero-order chi connectivity index (χ0) is 23.4. The number of fused-ring (bicyclic) bond motifs is 1. The molecule has 0 spiro atoms. The van der Waals surface area contributed by atoms with Gasteiger partial charge in [0.2, 0.25) is 5.91 Å².